The second-order valence-corrected chi connectivity index (χ2v) is 4.26. The summed E-state index contributed by atoms with van der Waals surface area (Å²) in [5, 5.41) is 3.09. The molecule has 0 heterocycles. The average Bonchev–Trinajstić information content (AvgIpc) is 2.28. The first-order chi connectivity index (χ1) is 7.22. The van der Waals surface area contributed by atoms with E-state index in [0.29, 0.717) is 12.5 Å². The Hall–Kier alpha value is -1.05. The largest absolute Gasteiger partial charge is 0.330 e. The van der Waals surface area contributed by atoms with Gasteiger partial charge in [-0.1, -0.05) is 42.8 Å². The molecular weight excluding hydrogens is 206 g/mol. The van der Waals surface area contributed by atoms with E-state index in [1.165, 1.54) is 10.9 Å². The number of hydrogen-bond acceptors (Lipinski definition) is 1. The summed E-state index contributed by atoms with van der Waals surface area (Å²) in [5.74, 6) is 0.380. The smallest absolute Gasteiger partial charge is 0.0484 e. The van der Waals surface area contributed by atoms with Gasteiger partial charge in [-0.2, -0.15) is 0 Å². The van der Waals surface area contributed by atoms with Crippen LogP contribution in [0.5, 0.6) is 0 Å². The minimum absolute atomic E-state index is 0.380. The monoisotopic (exact) mass is 219 g/mol. The second-order valence-electron chi connectivity index (χ2n) is 3.86. The molecule has 2 aromatic carbocycles. The van der Waals surface area contributed by atoms with Crippen molar-refractivity contribution >= 4 is 22.4 Å². The third kappa shape index (κ3) is 1.99. The first kappa shape index (κ1) is 10.5. The van der Waals surface area contributed by atoms with Crippen LogP contribution in [0.4, 0.5) is 0 Å². The highest BCUT2D eigenvalue weighted by molar-refractivity contribution is 6.35. The van der Waals surface area contributed by atoms with Gasteiger partial charge in [-0.15, -0.1) is 0 Å². The van der Waals surface area contributed by atoms with Gasteiger partial charge in [0.05, 0.1) is 0 Å². The minimum atomic E-state index is 0.380. The van der Waals surface area contributed by atoms with Crippen molar-refractivity contribution in [1.82, 2.24) is 0 Å². The van der Waals surface area contributed by atoms with E-state index < -0.39 is 0 Å². The van der Waals surface area contributed by atoms with Gasteiger partial charge in [0.2, 0.25) is 0 Å². The topological polar surface area (TPSA) is 26.0 Å². The molecule has 0 radical (unpaired) electrons. The van der Waals surface area contributed by atoms with E-state index in [2.05, 4.69) is 31.2 Å². The highest BCUT2D eigenvalue weighted by Crippen LogP contribution is 2.26. The van der Waals surface area contributed by atoms with Crippen LogP contribution < -0.4 is 5.73 Å². The molecule has 0 saturated carbocycles. The lowest BCUT2D eigenvalue weighted by atomic mass is 9.98. The van der Waals surface area contributed by atoms with E-state index in [-0.39, 0.29) is 0 Å². The zero-order valence-electron chi connectivity index (χ0n) is 8.70. The summed E-state index contributed by atoms with van der Waals surface area (Å²) >= 11 is 6.15. The van der Waals surface area contributed by atoms with Gasteiger partial charge < -0.3 is 5.73 Å². The Balaban J connectivity index is 2.59. The van der Waals surface area contributed by atoms with Crippen LogP contribution in [0.1, 0.15) is 18.4 Å². The molecule has 0 saturated heterocycles. The number of benzene rings is 2. The van der Waals surface area contributed by atoms with Crippen molar-refractivity contribution in [3.63, 3.8) is 0 Å². The van der Waals surface area contributed by atoms with Crippen LogP contribution in [-0.4, -0.2) is 6.54 Å². The molecule has 15 heavy (non-hydrogen) atoms. The zero-order valence-corrected chi connectivity index (χ0v) is 9.46. The highest BCUT2D eigenvalue weighted by atomic mass is 35.5. The first-order valence-corrected chi connectivity index (χ1v) is 5.48. The van der Waals surface area contributed by atoms with Crippen molar-refractivity contribution in [2.75, 3.05) is 6.54 Å². The molecule has 2 rings (SSSR count). The Morgan fingerprint density at radius 3 is 2.80 bits per heavy atom. The Bertz CT molecular complexity index is 479. The standard InChI is InChI=1S/C13H14ClN/c1-9(8-15)11-6-5-10-3-2-4-13(14)12(10)7-11/h2-7,9H,8,15H2,1H3. The molecule has 2 N–H and O–H groups in total. The van der Waals surface area contributed by atoms with Crippen molar-refractivity contribution in [2.45, 2.75) is 12.8 Å². The Morgan fingerprint density at radius 1 is 1.27 bits per heavy atom. The normalized spacial score (nSPS) is 13.0. The van der Waals surface area contributed by atoms with E-state index in [1.807, 2.05) is 12.1 Å². The van der Waals surface area contributed by atoms with E-state index in [4.69, 9.17) is 17.3 Å². The predicted octanol–water partition coefficient (Wildman–Crippen LogP) is 3.56. The van der Waals surface area contributed by atoms with Gasteiger partial charge in [0, 0.05) is 10.4 Å². The van der Waals surface area contributed by atoms with Crippen LogP contribution in [0.25, 0.3) is 10.8 Å². The average molecular weight is 220 g/mol. The van der Waals surface area contributed by atoms with Crippen molar-refractivity contribution in [2.24, 2.45) is 5.73 Å². The van der Waals surface area contributed by atoms with Gasteiger partial charge in [-0.3, -0.25) is 0 Å². The molecule has 0 aliphatic rings. The summed E-state index contributed by atoms with van der Waals surface area (Å²) in [7, 11) is 0. The molecule has 1 atom stereocenters. The predicted molar refractivity (Wildman–Crippen MR) is 66.4 cm³/mol. The first-order valence-electron chi connectivity index (χ1n) is 5.10. The quantitative estimate of drug-likeness (QED) is 0.821. The molecule has 0 bridgehead atoms. The zero-order chi connectivity index (χ0) is 10.8. The lowest BCUT2D eigenvalue weighted by Gasteiger charge is -2.10. The van der Waals surface area contributed by atoms with Crippen LogP contribution in [0.2, 0.25) is 5.02 Å². The minimum Gasteiger partial charge on any atom is -0.330 e. The maximum Gasteiger partial charge on any atom is 0.0484 e. The van der Waals surface area contributed by atoms with Gasteiger partial charge in [-0.25, -0.2) is 0 Å². The number of fused-ring (bicyclic) bond motifs is 1. The van der Waals surface area contributed by atoms with Crippen LogP contribution >= 0.6 is 11.6 Å². The summed E-state index contributed by atoms with van der Waals surface area (Å²) < 4.78 is 0. The van der Waals surface area contributed by atoms with E-state index in [1.54, 1.807) is 0 Å². The van der Waals surface area contributed by atoms with Crippen LogP contribution in [0, 0.1) is 0 Å². The second kappa shape index (κ2) is 4.21. The number of rotatable bonds is 2. The van der Waals surface area contributed by atoms with Gasteiger partial charge in [0.1, 0.15) is 0 Å². The van der Waals surface area contributed by atoms with Crippen molar-refractivity contribution in [3.8, 4) is 0 Å². The van der Waals surface area contributed by atoms with Crippen molar-refractivity contribution < 1.29 is 0 Å². The van der Waals surface area contributed by atoms with Gasteiger partial charge >= 0.3 is 0 Å². The fourth-order valence-electron chi connectivity index (χ4n) is 1.69. The van der Waals surface area contributed by atoms with Crippen molar-refractivity contribution in [3.05, 3.63) is 47.0 Å². The summed E-state index contributed by atoms with van der Waals surface area (Å²) in [6.45, 7) is 2.79. The van der Waals surface area contributed by atoms with Crippen LogP contribution in [0.3, 0.4) is 0 Å². The van der Waals surface area contributed by atoms with Crippen LogP contribution in [-0.2, 0) is 0 Å². The maximum absolute atomic E-state index is 6.15. The molecule has 0 amide bonds. The highest BCUT2D eigenvalue weighted by Gasteiger charge is 2.05. The fraction of sp³-hybridized carbons (Fsp3) is 0.231. The Labute approximate surface area is 94.9 Å². The molecular formula is C13H14ClN. The molecule has 1 unspecified atom stereocenters. The molecule has 1 nitrogen and oxygen atoms in total. The number of hydrogen-bond donors (Lipinski definition) is 1. The molecule has 2 heteroatoms. The fourth-order valence-corrected chi connectivity index (χ4v) is 1.93. The maximum atomic E-state index is 6.15. The van der Waals surface area contributed by atoms with Gasteiger partial charge in [0.25, 0.3) is 0 Å². The lowest BCUT2D eigenvalue weighted by Crippen LogP contribution is -2.08. The molecule has 0 fully saturated rings. The summed E-state index contributed by atoms with van der Waals surface area (Å²) in [6, 6.07) is 12.3. The van der Waals surface area contributed by atoms with Gasteiger partial charge in [0.15, 0.2) is 0 Å². The molecule has 78 valence electrons. The van der Waals surface area contributed by atoms with E-state index in [0.717, 1.165) is 10.4 Å². The molecule has 2 aromatic rings. The Morgan fingerprint density at radius 2 is 2.07 bits per heavy atom. The summed E-state index contributed by atoms with van der Waals surface area (Å²) in [6.07, 6.45) is 0. The number of nitrogens with two attached hydrogens (primary N) is 1. The third-order valence-corrected chi connectivity index (χ3v) is 3.11. The third-order valence-electron chi connectivity index (χ3n) is 2.78. The Kier molecular flexibility index (Phi) is 2.94. The van der Waals surface area contributed by atoms with Crippen molar-refractivity contribution in [1.29, 1.82) is 0 Å². The summed E-state index contributed by atoms with van der Waals surface area (Å²) in [5.41, 5.74) is 6.90. The van der Waals surface area contributed by atoms with Crippen LogP contribution in [0.15, 0.2) is 36.4 Å². The van der Waals surface area contributed by atoms with Gasteiger partial charge in [-0.05, 0) is 35.5 Å². The molecule has 0 aromatic heterocycles. The lowest BCUT2D eigenvalue weighted by molar-refractivity contribution is 0.775. The SMILES string of the molecule is CC(CN)c1ccc2cccc(Cl)c2c1. The molecule has 0 aliphatic heterocycles. The van der Waals surface area contributed by atoms with E-state index in [9.17, 15) is 0 Å². The molecule has 0 aliphatic carbocycles. The van der Waals surface area contributed by atoms with E-state index >= 15 is 0 Å². The number of halogens is 1. The summed E-state index contributed by atoms with van der Waals surface area (Å²) in [4.78, 5) is 0. The molecule has 0 spiro atoms.